The van der Waals surface area contributed by atoms with Crippen molar-refractivity contribution in [1.29, 1.82) is 0 Å². The van der Waals surface area contributed by atoms with Gasteiger partial charge < -0.3 is 15.1 Å². The van der Waals surface area contributed by atoms with Gasteiger partial charge in [-0.2, -0.15) is 18.3 Å². The molecule has 4 aromatic rings. The van der Waals surface area contributed by atoms with Crippen molar-refractivity contribution in [2.75, 3.05) is 31.5 Å². The van der Waals surface area contributed by atoms with Gasteiger partial charge >= 0.3 is 6.18 Å². The van der Waals surface area contributed by atoms with Gasteiger partial charge in [-0.3, -0.25) is 19.1 Å². The van der Waals surface area contributed by atoms with Crippen molar-refractivity contribution < 1.29 is 27.6 Å². The van der Waals surface area contributed by atoms with Crippen LogP contribution >= 0.6 is 0 Å². The van der Waals surface area contributed by atoms with Gasteiger partial charge in [0.25, 0.3) is 11.8 Å². The van der Waals surface area contributed by atoms with Crippen LogP contribution in [0.15, 0.2) is 72.9 Å². The zero-order chi connectivity index (χ0) is 27.6. The van der Waals surface area contributed by atoms with E-state index in [1.54, 1.807) is 46.3 Å². The van der Waals surface area contributed by atoms with E-state index in [2.05, 4.69) is 15.4 Å². The number of halogens is 3. The molecule has 0 atom stereocenters. The molecular formula is C27H23F3N6O3. The number of amides is 3. The highest BCUT2D eigenvalue weighted by atomic mass is 19.4. The molecule has 0 bridgehead atoms. The van der Waals surface area contributed by atoms with Crippen molar-refractivity contribution in [3.05, 3.63) is 89.9 Å². The maximum absolute atomic E-state index is 12.9. The van der Waals surface area contributed by atoms with Crippen molar-refractivity contribution in [2.45, 2.75) is 12.7 Å². The van der Waals surface area contributed by atoms with Crippen LogP contribution in [0.4, 0.5) is 18.9 Å². The molecule has 1 N–H and O–H groups in total. The average molecular weight is 537 g/mol. The Hall–Kier alpha value is -4.74. The fourth-order valence-corrected chi connectivity index (χ4v) is 4.31. The first-order valence-corrected chi connectivity index (χ1v) is 12.1. The molecule has 12 heteroatoms. The number of benzene rings is 2. The van der Waals surface area contributed by atoms with E-state index >= 15 is 0 Å². The molecule has 2 aromatic heterocycles. The Balaban J connectivity index is 1.19. The Morgan fingerprint density at radius 1 is 0.872 bits per heavy atom. The van der Waals surface area contributed by atoms with E-state index in [1.807, 2.05) is 18.2 Å². The van der Waals surface area contributed by atoms with Crippen molar-refractivity contribution in [3.63, 3.8) is 0 Å². The minimum absolute atomic E-state index is 0.00282. The standard InChI is InChI=1S/C27H23F3N6O3/c28-27(29,30)23-8-4-7-22(32-23)25(38)31-20-9-10-21-19(15-20)16-36(33-21)17-24(37)34-11-13-35(14-12-34)26(39)18-5-2-1-3-6-18/h1-10,15-16H,11-14,17H2,(H,31,38). The lowest BCUT2D eigenvalue weighted by Crippen LogP contribution is -2.51. The number of hydrogen-bond acceptors (Lipinski definition) is 5. The molecule has 9 nitrogen and oxygen atoms in total. The maximum atomic E-state index is 12.9. The SMILES string of the molecule is O=C(Nc1ccc2nn(CC(=O)N3CCN(C(=O)c4ccccc4)CC3)cc2c1)c1cccc(C(F)(F)F)n1. The molecule has 0 radical (unpaired) electrons. The van der Waals surface area contributed by atoms with E-state index < -0.39 is 17.8 Å². The van der Waals surface area contributed by atoms with E-state index in [9.17, 15) is 27.6 Å². The van der Waals surface area contributed by atoms with E-state index in [4.69, 9.17) is 0 Å². The fraction of sp³-hybridized carbons (Fsp3) is 0.222. The summed E-state index contributed by atoms with van der Waals surface area (Å²) in [5, 5.41) is 7.58. The molecule has 1 aliphatic rings. The second-order valence-electron chi connectivity index (χ2n) is 9.00. The van der Waals surface area contributed by atoms with Crippen LogP contribution in [0.3, 0.4) is 0 Å². The zero-order valence-electron chi connectivity index (χ0n) is 20.6. The maximum Gasteiger partial charge on any atom is 0.433 e. The third-order valence-corrected chi connectivity index (χ3v) is 6.32. The van der Waals surface area contributed by atoms with Gasteiger partial charge in [0.15, 0.2) is 0 Å². The molecule has 3 heterocycles. The van der Waals surface area contributed by atoms with E-state index in [-0.39, 0.29) is 24.1 Å². The normalized spacial score (nSPS) is 13.9. The van der Waals surface area contributed by atoms with Crippen LogP contribution in [0, 0.1) is 0 Å². The first-order valence-electron chi connectivity index (χ1n) is 12.1. The third kappa shape index (κ3) is 5.89. The van der Waals surface area contributed by atoms with Gasteiger partial charge in [-0.1, -0.05) is 24.3 Å². The number of hydrogen-bond donors (Lipinski definition) is 1. The fourth-order valence-electron chi connectivity index (χ4n) is 4.31. The number of fused-ring (bicyclic) bond motifs is 1. The monoisotopic (exact) mass is 536 g/mol. The van der Waals surface area contributed by atoms with Gasteiger partial charge in [-0.15, -0.1) is 0 Å². The Morgan fingerprint density at radius 2 is 1.59 bits per heavy atom. The Morgan fingerprint density at radius 3 is 2.31 bits per heavy atom. The molecule has 0 aliphatic carbocycles. The lowest BCUT2D eigenvalue weighted by atomic mass is 10.2. The Bertz CT molecular complexity index is 1530. The van der Waals surface area contributed by atoms with E-state index in [0.29, 0.717) is 48.3 Å². The predicted molar refractivity (Wildman–Crippen MR) is 136 cm³/mol. The summed E-state index contributed by atoms with van der Waals surface area (Å²) in [6.07, 6.45) is -3.00. The molecule has 0 spiro atoms. The first kappa shape index (κ1) is 25.9. The molecule has 2 aromatic carbocycles. The van der Waals surface area contributed by atoms with Gasteiger partial charge in [0, 0.05) is 49.0 Å². The van der Waals surface area contributed by atoms with E-state index in [0.717, 1.165) is 12.1 Å². The molecule has 5 rings (SSSR count). The van der Waals surface area contributed by atoms with Crippen molar-refractivity contribution in [3.8, 4) is 0 Å². The number of aromatic nitrogens is 3. The summed E-state index contributed by atoms with van der Waals surface area (Å²) in [6.45, 7) is 1.70. The molecule has 200 valence electrons. The van der Waals surface area contributed by atoms with Crippen LogP contribution in [-0.2, 0) is 17.5 Å². The van der Waals surface area contributed by atoms with Gasteiger partial charge in [0.2, 0.25) is 5.91 Å². The quantitative estimate of drug-likeness (QED) is 0.420. The van der Waals surface area contributed by atoms with Crippen molar-refractivity contribution >= 4 is 34.3 Å². The van der Waals surface area contributed by atoms with E-state index in [1.165, 1.54) is 10.7 Å². The number of nitrogens with one attached hydrogen (secondary N) is 1. The number of carbonyl (C=O) groups is 3. The van der Waals surface area contributed by atoms with Crippen LogP contribution in [-0.4, -0.2) is 68.5 Å². The molecule has 1 fully saturated rings. The Kier molecular flexibility index (Phi) is 7.01. The van der Waals surface area contributed by atoms with Gasteiger partial charge in [0.05, 0.1) is 5.52 Å². The number of carbonyl (C=O) groups excluding carboxylic acids is 3. The molecular weight excluding hydrogens is 513 g/mol. The predicted octanol–water partition coefficient (Wildman–Crippen LogP) is 3.69. The van der Waals surface area contributed by atoms with Crippen molar-refractivity contribution in [1.82, 2.24) is 24.6 Å². The molecule has 39 heavy (non-hydrogen) atoms. The largest absolute Gasteiger partial charge is 0.433 e. The summed E-state index contributed by atoms with van der Waals surface area (Å²) < 4.78 is 40.2. The van der Waals surface area contributed by atoms with Gasteiger partial charge in [0.1, 0.15) is 17.9 Å². The highest BCUT2D eigenvalue weighted by Crippen LogP contribution is 2.27. The summed E-state index contributed by atoms with van der Waals surface area (Å²) in [5.74, 6) is -0.987. The van der Waals surface area contributed by atoms with Crippen molar-refractivity contribution in [2.24, 2.45) is 0 Å². The number of rotatable bonds is 5. The smallest absolute Gasteiger partial charge is 0.338 e. The highest BCUT2D eigenvalue weighted by molar-refractivity contribution is 6.03. The summed E-state index contributed by atoms with van der Waals surface area (Å²) in [4.78, 5) is 44.8. The average Bonchev–Trinajstić information content (AvgIpc) is 3.34. The number of anilines is 1. The highest BCUT2D eigenvalue weighted by Gasteiger charge is 2.33. The minimum Gasteiger partial charge on any atom is -0.338 e. The number of pyridine rings is 1. The van der Waals surface area contributed by atoms with Gasteiger partial charge in [-0.05, 0) is 42.5 Å². The van der Waals surface area contributed by atoms with Gasteiger partial charge in [-0.25, -0.2) is 4.98 Å². The van der Waals surface area contributed by atoms with Crippen LogP contribution in [0.1, 0.15) is 26.5 Å². The summed E-state index contributed by atoms with van der Waals surface area (Å²) in [7, 11) is 0. The first-order chi connectivity index (χ1) is 18.7. The number of alkyl halides is 3. The minimum atomic E-state index is -4.66. The summed E-state index contributed by atoms with van der Waals surface area (Å²) >= 11 is 0. The van der Waals surface area contributed by atoms with Crippen LogP contribution in [0.25, 0.3) is 10.9 Å². The topological polar surface area (TPSA) is 100 Å². The molecule has 1 aliphatic heterocycles. The second kappa shape index (κ2) is 10.6. The lowest BCUT2D eigenvalue weighted by molar-refractivity contribution is -0.141. The molecule has 0 saturated carbocycles. The number of piperazine rings is 1. The lowest BCUT2D eigenvalue weighted by Gasteiger charge is -2.34. The summed E-state index contributed by atoms with van der Waals surface area (Å²) in [6, 6.07) is 16.9. The van der Waals surface area contributed by atoms with Crippen LogP contribution in [0.2, 0.25) is 0 Å². The molecule has 3 amide bonds. The summed E-state index contributed by atoms with van der Waals surface area (Å²) in [5.41, 5.74) is 0.0211. The number of nitrogens with zero attached hydrogens (tertiary/aromatic N) is 5. The second-order valence-corrected chi connectivity index (χ2v) is 9.00. The molecule has 1 saturated heterocycles. The van der Waals surface area contributed by atoms with Crippen LogP contribution in [0.5, 0.6) is 0 Å². The zero-order valence-corrected chi connectivity index (χ0v) is 20.6. The van der Waals surface area contributed by atoms with Crippen LogP contribution < -0.4 is 5.32 Å². The molecule has 0 unspecified atom stereocenters. The third-order valence-electron chi connectivity index (χ3n) is 6.32. The Labute approximate surface area is 220 Å².